The molecule has 21 heavy (non-hydrogen) atoms. The number of esters is 1. The molecule has 0 aliphatic heterocycles. The minimum Gasteiger partial charge on any atom is -0.479 e. The van der Waals surface area contributed by atoms with Crippen LogP contribution in [-0.4, -0.2) is 24.2 Å². The Morgan fingerprint density at radius 1 is 1.19 bits per heavy atom. The van der Waals surface area contributed by atoms with Crippen LogP contribution in [0.4, 0.5) is 0 Å². The van der Waals surface area contributed by atoms with Crippen molar-refractivity contribution < 1.29 is 19.0 Å². The number of pyridine rings is 1. The third-order valence-electron chi connectivity index (χ3n) is 2.61. The zero-order chi connectivity index (χ0) is 15.2. The summed E-state index contributed by atoms with van der Waals surface area (Å²) < 4.78 is 16.4. The van der Waals surface area contributed by atoms with Crippen LogP contribution in [0.25, 0.3) is 0 Å². The maximum absolute atomic E-state index is 11.3. The summed E-state index contributed by atoms with van der Waals surface area (Å²) in [6.45, 7) is 1.63. The van der Waals surface area contributed by atoms with Gasteiger partial charge in [0.05, 0.1) is 11.6 Å². The van der Waals surface area contributed by atoms with Crippen molar-refractivity contribution in [1.29, 1.82) is 0 Å². The largest absolute Gasteiger partial charge is 0.479 e. The summed E-state index contributed by atoms with van der Waals surface area (Å²) in [5.74, 6) is 1.23. The Morgan fingerprint density at radius 2 is 1.86 bits per heavy atom. The van der Waals surface area contributed by atoms with E-state index in [1.807, 2.05) is 12.1 Å². The quantitative estimate of drug-likeness (QED) is 0.770. The monoisotopic (exact) mass is 351 g/mol. The molecule has 0 saturated carbocycles. The summed E-state index contributed by atoms with van der Waals surface area (Å²) in [6, 6.07) is 10.6. The molecule has 110 valence electrons. The van der Waals surface area contributed by atoms with E-state index in [0.29, 0.717) is 17.4 Å². The van der Waals surface area contributed by atoms with Gasteiger partial charge in [-0.1, -0.05) is 0 Å². The molecule has 0 aliphatic carbocycles. The number of rotatable bonds is 5. The molecule has 2 aromatic rings. The molecular weight excluding hydrogens is 338 g/mol. The van der Waals surface area contributed by atoms with Gasteiger partial charge < -0.3 is 14.2 Å². The summed E-state index contributed by atoms with van der Waals surface area (Å²) >= 11 is 3.36. The van der Waals surface area contributed by atoms with Crippen molar-refractivity contribution in [1.82, 2.24) is 4.98 Å². The topological polar surface area (TPSA) is 57.7 Å². The molecule has 0 radical (unpaired) electrons. The van der Waals surface area contributed by atoms with Crippen LogP contribution in [0.5, 0.6) is 17.4 Å². The van der Waals surface area contributed by atoms with E-state index in [2.05, 4.69) is 25.7 Å². The van der Waals surface area contributed by atoms with Crippen LogP contribution in [0.2, 0.25) is 0 Å². The molecule has 0 N–H and O–H groups in total. The van der Waals surface area contributed by atoms with Crippen LogP contribution in [0, 0.1) is 0 Å². The van der Waals surface area contributed by atoms with Crippen molar-refractivity contribution in [2.45, 2.75) is 13.0 Å². The molecular formula is C15H14BrNO4. The summed E-state index contributed by atoms with van der Waals surface area (Å²) in [5.41, 5.74) is 0. The number of methoxy groups -OCH3 is 1. The van der Waals surface area contributed by atoms with Crippen molar-refractivity contribution in [2.24, 2.45) is 0 Å². The van der Waals surface area contributed by atoms with Gasteiger partial charge in [-0.3, -0.25) is 0 Å². The third-order valence-corrected chi connectivity index (χ3v) is 3.21. The molecule has 0 saturated heterocycles. The zero-order valence-corrected chi connectivity index (χ0v) is 13.2. The van der Waals surface area contributed by atoms with Crippen LogP contribution in [0.1, 0.15) is 6.92 Å². The van der Waals surface area contributed by atoms with E-state index in [4.69, 9.17) is 9.47 Å². The number of hydrogen-bond donors (Lipinski definition) is 0. The number of nitrogens with zero attached hydrogens (tertiary/aromatic N) is 1. The molecule has 1 aromatic heterocycles. The maximum atomic E-state index is 11.3. The normalized spacial score (nSPS) is 11.6. The van der Waals surface area contributed by atoms with Gasteiger partial charge in [-0.25, -0.2) is 9.78 Å². The van der Waals surface area contributed by atoms with Crippen LogP contribution in [-0.2, 0) is 9.53 Å². The number of carbonyl (C=O) groups is 1. The first kappa shape index (κ1) is 15.3. The van der Waals surface area contributed by atoms with Gasteiger partial charge in [0.1, 0.15) is 11.5 Å². The Balaban J connectivity index is 2.02. The number of aromatic nitrogens is 1. The molecule has 1 aromatic carbocycles. The Hall–Kier alpha value is -2.08. The summed E-state index contributed by atoms with van der Waals surface area (Å²) in [4.78, 5) is 15.4. The average molecular weight is 352 g/mol. The number of carbonyl (C=O) groups excluding carboxylic acids is 1. The molecule has 1 heterocycles. The van der Waals surface area contributed by atoms with Gasteiger partial charge in [0.25, 0.3) is 0 Å². The van der Waals surface area contributed by atoms with E-state index in [-0.39, 0.29) is 0 Å². The van der Waals surface area contributed by atoms with Gasteiger partial charge in [-0.15, -0.1) is 0 Å². The number of halogens is 1. The van der Waals surface area contributed by atoms with Crippen LogP contribution >= 0.6 is 15.9 Å². The van der Waals surface area contributed by atoms with Crippen LogP contribution < -0.4 is 9.47 Å². The SMILES string of the molecule is COC(=O)C(C)Oc1ccc(Oc2ncccc2Br)cc1. The summed E-state index contributed by atoms with van der Waals surface area (Å²) in [5, 5.41) is 0. The molecule has 5 nitrogen and oxygen atoms in total. The zero-order valence-electron chi connectivity index (χ0n) is 11.6. The molecule has 0 amide bonds. The maximum Gasteiger partial charge on any atom is 0.346 e. The molecule has 1 unspecified atom stereocenters. The van der Waals surface area contributed by atoms with Crippen molar-refractivity contribution in [3.8, 4) is 17.4 Å². The van der Waals surface area contributed by atoms with Crippen LogP contribution in [0.15, 0.2) is 47.1 Å². The van der Waals surface area contributed by atoms with E-state index >= 15 is 0 Å². The van der Waals surface area contributed by atoms with Gasteiger partial charge in [0.2, 0.25) is 5.88 Å². The molecule has 0 aliphatic rings. The van der Waals surface area contributed by atoms with Crippen molar-refractivity contribution in [3.05, 3.63) is 47.1 Å². The van der Waals surface area contributed by atoms with E-state index in [1.54, 1.807) is 37.4 Å². The average Bonchev–Trinajstić information content (AvgIpc) is 2.50. The van der Waals surface area contributed by atoms with Gasteiger partial charge >= 0.3 is 5.97 Å². The lowest BCUT2D eigenvalue weighted by Crippen LogP contribution is -2.24. The lowest BCUT2D eigenvalue weighted by molar-refractivity contribution is -0.147. The Morgan fingerprint density at radius 3 is 2.48 bits per heavy atom. The Bertz CT molecular complexity index is 615. The highest BCUT2D eigenvalue weighted by molar-refractivity contribution is 9.10. The first-order valence-corrected chi connectivity index (χ1v) is 7.02. The first-order chi connectivity index (χ1) is 10.1. The molecule has 0 fully saturated rings. The van der Waals surface area contributed by atoms with Gasteiger partial charge in [-0.05, 0) is 59.3 Å². The van der Waals surface area contributed by atoms with E-state index < -0.39 is 12.1 Å². The fourth-order valence-electron chi connectivity index (χ4n) is 1.56. The smallest absolute Gasteiger partial charge is 0.346 e. The van der Waals surface area contributed by atoms with Crippen molar-refractivity contribution >= 4 is 21.9 Å². The second kappa shape index (κ2) is 7.08. The van der Waals surface area contributed by atoms with Crippen molar-refractivity contribution in [3.63, 3.8) is 0 Å². The predicted molar refractivity (Wildman–Crippen MR) is 80.6 cm³/mol. The second-order valence-electron chi connectivity index (χ2n) is 4.15. The summed E-state index contributed by atoms with van der Waals surface area (Å²) in [7, 11) is 1.32. The fraction of sp³-hybridized carbons (Fsp3) is 0.200. The first-order valence-electron chi connectivity index (χ1n) is 6.23. The lowest BCUT2D eigenvalue weighted by Gasteiger charge is -2.12. The van der Waals surface area contributed by atoms with Crippen molar-refractivity contribution in [2.75, 3.05) is 7.11 Å². The van der Waals surface area contributed by atoms with Gasteiger partial charge in [0, 0.05) is 6.20 Å². The predicted octanol–water partition coefficient (Wildman–Crippen LogP) is 3.58. The van der Waals surface area contributed by atoms with E-state index in [9.17, 15) is 4.79 Å². The summed E-state index contributed by atoms with van der Waals surface area (Å²) in [6.07, 6.45) is 0.988. The van der Waals surface area contributed by atoms with E-state index in [1.165, 1.54) is 7.11 Å². The Kier molecular flexibility index (Phi) is 5.16. The number of ether oxygens (including phenoxy) is 3. The molecule has 0 spiro atoms. The van der Waals surface area contributed by atoms with E-state index in [0.717, 1.165) is 4.47 Å². The molecule has 2 rings (SSSR count). The van der Waals surface area contributed by atoms with Gasteiger partial charge in [-0.2, -0.15) is 0 Å². The van der Waals surface area contributed by atoms with Gasteiger partial charge in [0.15, 0.2) is 6.10 Å². The molecule has 1 atom stereocenters. The standard InChI is InChI=1S/C15H14BrNO4/c1-10(15(18)19-2)20-11-5-7-12(8-6-11)21-14-13(16)4-3-9-17-14/h3-10H,1-2H3. The highest BCUT2D eigenvalue weighted by Gasteiger charge is 2.14. The highest BCUT2D eigenvalue weighted by atomic mass is 79.9. The lowest BCUT2D eigenvalue weighted by atomic mass is 10.3. The number of hydrogen-bond acceptors (Lipinski definition) is 5. The Labute approximate surface area is 131 Å². The minimum atomic E-state index is -0.660. The minimum absolute atomic E-state index is 0.423. The fourth-order valence-corrected chi connectivity index (χ4v) is 1.90. The number of benzene rings is 1. The highest BCUT2D eigenvalue weighted by Crippen LogP contribution is 2.28. The molecule has 6 heteroatoms. The third kappa shape index (κ3) is 4.19. The van der Waals surface area contributed by atoms with Crippen LogP contribution in [0.3, 0.4) is 0 Å². The molecule has 0 bridgehead atoms. The second-order valence-corrected chi connectivity index (χ2v) is 5.00.